The van der Waals surface area contributed by atoms with Gasteiger partial charge in [0.15, 0.2) is 0 Å². The molecule has 1 heterocycles. The molecule has 18 heavy (non-hydrogen) atoms. The molecule has 0 amide bonds. The number of carboxylic acid groups (broad SMARTS) is 1. The molecular weight excluding hydrogens is 250 g/mol. The summed E-state index contributed by atoms with van der Waals surface area (Å²) in [5.41, 5.74) is 0.194. The topological polar surface area (TPSA) is 58.6 Å². The number of benzene rings is 1. The van der Waals surface area contributed by atoms with Crippen LogP contribution in [0.1, 0.15) is 6.92 Å². The van der Waals surface area contributed by atoms with Crippen molar-refractivity contribution in [3.63, 3.8) is 0 Å². The lowest BCUT2D eigenvalue weighted by Gasteiger charge is -2.37. The van der Waals surface area contributed by atoms with Gasteiger partial charge < -0.3 is 15.2 Å². The maximum Gasteiger partial charge on any atom is 0.316 e. The summed E-state index contributed by atoms with van der Waals surface area (Å²) in [6, 6.07) is 8.04. The lowest BCUT2D eigenvalue weighted by atomic mass is 9.86. The highest BCUT2D eigenvalue weighted by atomic mass is 32.2. The Balaban J connectivity index is 1.91. The van der Waals surface area contributed by atoms with Gasteiger partial charge in [-0.05, 0) is 30.0 Å². The van der Waals surface area contributed by atoms with Gasteiger partial charge in [-0.25, -0.2) is 0 Å². The Morgan fingerprint density at radius 2 is 2.11 bits per heavy atom. The highest BCUT2D eigenvalue weighted by molar-refractivity contribution is 7.99. The van der Waals surface area contributed by atoms with Gasteiger partial charge in [-0.1, -0.05) is 6.92 Å². The molecule has 1 aromatic carbocycles. The average Bonchev–Trinajstić information content (AvgIpc) is 2.30. The van der Waals surface area contributed by atoms with Crippen LogP contribution in [0.4, 0.5) is 5.69 Å². The van der Waals surface area contributed by atoms with E-state index in [0.29, 0.717) is 19.8 Å². The van der Waals surface area contributed by atoms with Gasteiger partial charge in [0.2, 0.25) is 0 Å². The summed E-state index contributed by atoms with van der Waals surface area (Å²) in [6.07, 6.45) is 0. The number of anilines is 1. The van der Waals surface area contributed by atoms with Gasteiger partial charge in [-0.3, -0.25) is 4.79 Å². The summed E-state index contributed by atoms with van der Waals surface area (Å²) in [4.78, 5) is 12.4. The number of thioether (sulfide) groups is 1. The minimum atomic E-state index is -0.792. The van der Waals surface area contributed by atoms with Gasteiger partial charge in [-0.15, -0.1) is 11.8 Å². The SMILES string of the molecule is CCSc1ccc(NCC2(C(=O)O)COC2)cc1. The Morgan fingerprint density at radius 3 is 2.56 bits per heavy atom. The largest absolute Gasteiger partial charge is 0.481 e. The summed E-state index contributed by atoms with van der Waals surface area (Å²) in [5.74, 6) is 0.256. The first-order valence-corrected chi connectivity index (χ1v) is 6.93. The highest BCUT2D eigenvalue weighted by Gasteiger charge is 2.46. The number of carbonyl (C=O) groups is 1. The van der Waals surface area contributed by atoms with E-state index in [1.807, 2.05) is 24.3 Å². The molecule has 98 valence electrons. The molecule has 5 heteroatoms. The van der Waals surface area contributed by atoms with E-state index >= 15 is 0 Å². The van der Waals surface area contributed by atoms with Crippen molar-refractivity contribution in [1.82, 2.24) is 0 Å². The Morgan fingerprint density at radius 1 is 1.44 bits per heavy atom. The predicted octanol–water partition coefficient (Wildman–Crippen LogP) is 2.31. The minimum Gasteiger partial charge on any atom is -0.481 e. The smallest absolute Gasteiger partial charge is 0.316 e. The molecule has 0 bridgehead atoms. The summed E-state index contributed by atoms with van der Waals surface area (Å²) < 4.78 is 5.01. The van der Waals surface area contributed by atoms with Crippen molar-refractivity contribution in [2.24, 2.45) is 5.41 Å². The van der Waals surface area contributed by atoms with Crippen molar-refractivity contribution in [1.29, 1.82) is 0 Å². The van der Waals surface area contributed by atoms with Gasteiger partial charge in [0.25, 0.3) is 0 Å². The van der Waals surface area contributed by atoms with Crippen LogP contribution < -0.4 is 5.32 Å². The molecule has 0 aromatic heterocycles. The Bertz CT molecular complexity index is 415. The zero-order chi connectivity index (χ0) is 13.0. The number of nitrogens with one attached hydrogen (secondary N) is 1. The molecule has 1 fully saturated rings. The van der Waals surface area contributed by atoms with E-state index in [1.165, 1.54) is 4.90 Å². The number of hydrogen-bond acceptors (Lipinski definition) is 4. The van der Waals surface area contributed by atoms with Crippen molar-refractivity contribution in [2.75, 3.05) is 30.8 Å². The van der Waals surface area contributed by atoms with Crippen LogP contribution in [0.15, 0.2) is 29.2 Å². The average molecular weight is 267 g/mol. The van der Waals surface area contributed by atoms with E-state index in [9.17, 15) is 4.79 Å². The van der Waals surface area contributed by atoms with Gasteiger partial charge in [-0.2, -0.15) is 0 Å². The number of aliphatic carboxylic acids is 1. The van der Waals surface area contributed by atoms with Crippen LogP contribution >= 0.6 is 11.8 Å². The van der Waals surface area contributed by atoms with Gasteiger partial charge in [0.05, 0.1) is 13.2 Å². The third-order valence-electron chi connectivity index (χ3n) is 3.01. The van der Waals surface area contributed by atoms with Crippen LogP contribution in [0.5, 0.6) is 0 Å². The van der Waals surface area contributed by atoms with E-state index < -0.39 is 11.4 Å². The number of rotatable bonds is 6. The van der Waals surface area contributed by atoms with Crippen molar-refractivity contribution in [2.45, 2.75) is 11.8 Å². The van der Waals surface area contributed by atoms with Crippen LogP contribution in [-0.4, -0.2) is 36.6 Å². The molecule has 4 nitrogen and oxygen atoms in total. The van der Waals surface area contributed by atoms with Crippen LogP contribution in [0.3, 0.4) is 0 Å². The first-order chi connectivity index (χ1) is 8.66. The van der Waals surface area contributed by atoms with E-state index in [1.54, 1.807) is 11.8 Å². The molecule has 0 radical (unpaired) electrons. The molecule has 0 spiro atoms. The first kappa shape index (κ1) is 13.2. The molecule has 0 saturated carbocycles. The number of ether oxygens (including phenoxy) is 1. The molecule has 1 saturated heterocycles. The zero-order valence-corrected chi connectivity index (χ0v) is 11.1. The third kappa shape index (κ3) is 2.79. The fourth-order valence-corrected chi connectivity index (χ4v) is 2.42. The van der Waals surface area contributed by atoms with E-state index in [0.717, 1.165) is 11.4 Å². The summed E-state index contributed by atoms with van der Waals surface area (Å²) in [6.45, 7) is 3.10. The van der Waals surface area contributed by atoms with Crippen LogP contribution in [-0.2, 0) is 9.53 Å². The second-order valence-corrected chi connectivity index (χ2v) is 5.73. The number of carboxylic acids is 1. The number of hydrogen-bond donors (Lipinski definition) is 2. The van der Waals surface area contributed by atoms with Crippen LogP contribution in [0, 0.1) is 5.41 Å². The molecular formula is C13H17NO3S. The van der Waals surface area contributed by atoms with Crippen LogP contribution in [0.25, 0.3) is 0 Å². The summed E-state index contributed by atoms with van der Waals surface area (Å²) >= 11 is 1.79. The molecule has 0 unspecified atom stereocenters. The second kappa shape index (κ2) is 5.63. The quantitative estimate of drug-likeness (QED) is 0.775. The lowest BCUT2D eigenvalue weighted by molar-refractivity contribution is -0.176. The Hall–Kier alpha value is -1.20. The van der Waals surface area contributed by atoms with Gasteiger partial charge in [0.1, 0.15) is 5.41 Å². The Kier molecular flexibility index (Phi) is 4.14. The van der Waals surface area contributed by atoms with E-state index in [-0.39, 0.29) is 0 Å². The maximum absolute atomic E-state index is 11.1. The van der Waals surface area contributed by atoms with Gasteiger partial charge >= 0.3 is 5.97 Å². The standard InChI is InChI=1S/C13H17NO3S/c1-2-18-11-5-3-10(4-6-11)14-7-13(12(15)16)8-17-9-13/h3-6,14H,2,7-9H2,1H3,(H,15,16). The molecule has 1 aromatic rings. The van der Waals surface area contributed by atoms with E-state index in [2.05, 4.69) is 12.2 Å². The van der Waals surface area contributed by atoms with Crippen molar-refractivity contribution >= 4 is 23.4 Å². The van der Waals surface area contributed by atoms with E-state index in [4.69, 9.17) is 9.84 Å². The molecule has 0 atom stereocenters. The van der Waals surface area contributed by atoms with Gasteiger partial charge in [0, 0.05) is 17.1 Å². The van der Waals surface area contributed by atoms with Crippen molar-refractivity contribution < 1.29 is 14.6 Å². The first-order valence-electron chi connectivity index (χ1n) is 5.94. The van der Waals surface area contributed by atoms with Crippen LogP contribution in [0.2, 0.25) is 0 Å². The fourth-order valence-electron chi connectivity index (χ4n) is 1.76. The molecule has 2 N–H and O–H groups in total. The highest BCUT2D eigenvalue weighted by Crippen LogP contribution is 2.28. The van der Waals surface area contributed by atoms with Crippen molar-refractivity contribution in [3.8, 4) is 0 Å². The predicted molar refractivity (Wildman–Crippen MR) is 72.2 cm³/mol. The molecule has 2 rings (SSSR count). The molecule has 0 aliphatic carbocycles. The minimum absolute atomic E-state index is 0.291. The second-order valence-electron chi connectivity index (χ2n) is 4.39. The summed E-state index contributed by atoms with van der Waals surface area (Å²) in [7, 11) is 0. The summed E-state index contributed by atoms with van der Waals surface area (Å²) in [5, 5.41) is 12.3. The monoisotopic (exact) mass is 267 g/mol. The fraction of sp³-hybridized carbons (Fsp3) is 0.462. The van der Waals surface area contributed by atoms with Crippen molar-refractivity contribution in [3.05, 3.63) is 24.3 Å². The lowest BCUT2D eigenvalue weighted by Crippen LogP contribution is -2.53. The zero-order valence-electron chi connectivity index (χ0n) is 10.3. The molecule has 1 aliphatic rings. The molecule has 1 aliphatic heterocycles. The normalized spacial score (nSPS) is 16.9. The maximum atomic E-state index is 11.1. The third-order valence-corrected chi connectivity index (χ3v) is 3.90. The Labute approximate surface area is 111 Å².